The van der Waals surface area contributed by atoms with Crippen LogP contribution in [0.25, 0.3) is 0 Å². The molecule has 19 heavy (non-hydrogen) atoms. The molecule has 1 aromatic rings. The van der Waals surface area contributed by atoms with Gasteiger partial charge >= 0.3 is 5.97 Å². The highest BCUT2D eigenvalue weighted by Gasteiger charge is 2.23. The lowest BCUT2D eigenvalue weighted by atomic mass is 10.4. The van der Waals surface area contributed by atoms with E-state index in [4.69, 9.17) is 10.00 Å². The summed E-state index contributed by atoms with van der Waals surface area (Å²) in [6.45, 7) is 1.21. The minimum atomic E-state index is -3.54. The van der Waals surface area contributed by atoms with E-state index in [2.05, 4.69) is 0 Å². The van der Waals surface area contributed by atoms with E-state index in [9.17, 15) is 13.2 Å². The van der Waals surface area contributed by atoms with Crippen LogP contribution in [0.15, 0.2) is 35.2 Å². The second kappa shape index (κ2) is 7.16. The first kappa shape index (κ1) is 15.5. The first-order valence-electron chi connectivity index (χ1n) is 5.41. The van der Waals surface area contributed by atoms with Crippen molar-refractivity contribution >= 4 is 27.6 Å². The molecule has 1 atom stereocenters. The zero-order valence-corrected chi connectivity index (χ0v) is 11.9. The molecule has 5 nitrogen and oxygen atoms in total. The van der Waals surface area contributed by atoms with Gasteiger partial charge in [0, 0.05) is 12.7 Å². The van der Waals surface area contributed by atoms with Crippen LogP contribution in [0, 0.1) is 10.7 Å². The topological polar surface area (TPSA) is 84.2 Å². The van der Waals surface area contributed by atoms with Gasteiger partial charge < -0.3 is 4.74 Å². The Hall–Kier alpha value is -1.52. The molecule has 0 saturated carbocycles. The molecule has 1 unspecified atom stereocenters. The number of nitrogens with zero attached hydrogens (tertiary/aromatic N) is 1. The minimum Gasteiger partial charge on any atom is -0.461 e. The molecule has 0 aliphatic carbocycles. The number of hydrogen-bond donors (Lipinski definition) is 0. The van der Waals surface area contributed by atoms with Crippen molar-refractivity contribution in [1.29, 1.82) is 5.26 Å². The summed E-state index contributed by atoms with van der Waals surface area (Å²) < 4.78 is 29.1. The van der Waals surface area contributed by atoms with Crippen molar-refractivity contribution in [2.75, 3.05) is 11.5 Å². The van der Waals surface area contributed by atoms with E-state index >= 15 is 0 Å². The lowest BCUT2D eigenvalue weighted by Gasteiger charge is -2.15. The van der Waals surface area contributed by atoms with Crippen LogP contribution in [-0.4, -0.2) is 32.0 Å². The molecule has 0 radical (unpaired) electrons. The summed E-state index contributed by atoms with van der Waals surface area (Å²) in [5, 5.41) is 10.3. The van der Waals surface area contributed by atoms with Crippen LogP contribution in [0.5, 0.6) is 0 Å². The van der Waals surface area contributed by atoms with Gasteiger partial charge in [0.05, 0.1) is 10.6 Å². The van der Waals surface area contributed by atoms with Gasteiger partial charge in [-0.05, 0) is 23.9 Å². The van der Waals surface area contributed by atoms with E-state index in [1.807, 2.05) is 5.40 Å². The van der Waals surface area contributed by atoms with Crippen LogP contribution < -0.4 is 0 Å². The molecule has 0 aliphatic rings. The molecular formula is C12H13NO4S2. The fourth-order valence-electron chi connectivity index (χ4n) is 1.45. The third kappa shape index (κ3) is 5.32. The van der Waals surface area contributed by atoms with Gasteiger partial charge in [0.25, 0.3) is 0 Å². The number of carbonyl (C=O) groups excluding carboxylic acids is 1. The Bertz CT molecular complexity index is 563. The monoisotopic (exact) mass is 299 g/mol. The molecule has 0 bridgehead atoms. The molecule has 0 heterocycles. The molecule has 1 rings (SSSR count). The van der Waals surface area contributed by atoms with Gasteiger partial charge in [0.1, 0.15) is 11.5 Å². The Kier molecular flexibility index (Phi) is 5.86. The molecule has 0 amide bonds. The molecule has 0 N–H and O–H groups in total. The summed E-state index contributed by atoms with van der Waals surface area (Å²) in [4.78, 5) is 11.1. The van der Waals surface area contributed by atoms with Gasteiger partial charge in [-0.2, -0.15) is 5.26 Å². The van der Waals surface area contributed by atoms with Crippen molar-refractivity contribution < 1.29 is 17.9 Å². The van der Waals surface area contributed by atoms with E-state index in [0.717, 1.165) is 11.8 Å². The maximum atomic E-state index is 12.1. The third-order valence-electron chi connectivity index (χ3n) is 2.17. The molecule has 0 spiro atoms. The van der Waals surface area contributed by atoms with Crippen LogP contribution >= 0.6 is 11.8 Å². The highest BCUT2D eigenvalue weighted by atomic mass is 32.2. The maximum Gasteiger partial charge on any atom is 0.302 e. The van der Waals surface area contributed by atoms with Crippen molar-refractivity contribution in [1.82, 2.24) is 0 Å². The molecule has 1 aromatic carbocycles. The lowest BCUT2D eigenvalue weighted by molar-refractivity contribution is -0.144. The first-order chi connectivity index (χ1) is 8.95. The van der Waals surface area contributed by atoms with E-state index < -0.39 is 21.9 Å². The average molecular weight is 299 g/mol. The summed E-state index contributed by atoms with van der Waals surface area (Å²) in [7, 11) is -3.54. The van der Waals surface area contributed by atoms with Crippen LogP contribution in [0.1, 0.15) is 6.92 Å². The minimum absolute atomic E-state index is 0.127. The fourth-order valence-corrected chi connectivity index (χ4v) is 3.48. The number of nitriles is 1. The number of ether oxygens (including phenoxy) is 1. The van der Waals surface area contributed by atoms with Crippen molar-refractivity contribution in [2.45, 2.75) is 17.9 Å². The molecule has 7 heteroatoms. The zero-order chi connectivity index (χ0) is 14.3. The van der Waals surface area contributed by atoms with Crippen molar-refractivity contribution in [3.05, 3.63) is 30.3 Å². The first-order valence-corrected chi connectivity index (χ1v) is 8.05. The summed E-state index contributed by atoms with van der Waals surface area (Å²) in [5.74, 6) is -0.764. The molecule has 0 aliphatic heterocycles. The van der Waals surface area contributed by atoms with Crippen molar-refractivity contribution in [3.63, 3.8) is 0 Å². The molecule has 0 aromatic heterocycles. The summed E-state index contributed by atoms with van der Waals surface area (Å²) in [6, 6.07) is 7.93. The average Bonchev–Trinajstić information content (AvgIpc) is 2.36. The molecular weight excluding hydrogens is 286 g/mol. The quantitative estimate of drug-likeness (QED) is 0.586. The lowest BCUT2D eigenvalue weighted by Crippen LogP contribution is -2.28. The number of carbonyl (C=O) groups is 1. The molecule has 0 fully saturated rings. The Labute approximate surface area is 116 Å². The largest absolute Gasteiger partial charge is 0.461 e. The van der Waals surface area contributed by atoms with Gasteiger partial charge in [-0.15, -0.1) is 0 Å². The Morgan fingerprint density at radius 2 is 2.05 bits per heavy atom. The third-order valence-corrected chi connectivity index (χ3v) is 4.64. The maximum absolute atomic E-state index is 12.1. The zero-order valence-electron chi connectivity index (χ0n) is 10.3. The highest BCUT2D eigenvalue weighted by Crippen LogP contribution is 2.15. The predicted molar refractivity (Wildman–Crippen MR) is 72.1 cm³/mol. The van der Waals surface area contributed by atoms with Gasteiger partial charge in [-0.25, -0.2) is 8.42 Å². The van der Waals surface area contributed by atoms with Crippen LogP contribution in [0.4, 0.5) is 0 Å². The van der Waals surface area contributed by atoms with Crippen molar-refractivity contribution in [2.24, 2.45) is 0 Å². The second-order valence-electron chi connectivity index (χ2n) is 3.73. The highest BCUT2D eigenvalue weighted by molar-refractivity contribution is 8.03. The van der Waals surface area contributed by atoms with Gasteiger partial charge in [0.2, 0.25) is 0 Å². The summed E-state index contributed by atoms with van der Waals surface area (Å²) in [6.07, 6.45) is -0.827. The fraction of sp³-hybridized carbons (Fsp3) is 0.333. The van der Waals surface area contributed by atoms with Crippen molar-refractivity contribution in [3.8, 4) is 5.40 Å². The van der Waals surface area contributed by atoms with Crippen LogP contribution in [0.3, 0.4) is 0 Å². The number of esters is 1. The van der Waals surface area contributed by atoms with Gasteiger partial charge in [-0.3, -0.25) is 4.79 Å². The normalized spacial score (nSPS) is 12.4. The number of benzene rings is 1. The second-order valence-corrected chi connectivity index (χ2v) is 6.57. The summed E-state index contributed by atoms with van der Waals surface area (Å²) in [5.41, 5.74) is 0. The Morgan fingerprint density at radius 3 is 2.58 bits per heavy atom. The predicted octanol–water partition coefficient (Wildman–Crippen LogP) is 1.61. The van der Waals surface area contributed by atoms with Crippen LogP contribution in [-0.2, 0) is 19.4 Å². The van der Waals surface area contributed by atoms with Gasteiger partial charge in [-0.1, -0.05) is 18.2 Å². The SMILES string of the molecule is CC(=O)OC(CSC#N)CS(=O)(=O)c1ccccc1. The number of rotatable bonds is 6. The smallest absolute Gasteiger partial charge is 0.302 e. The van der Waals surface area contributed by atoms with Crippen LogP contribution in [0.2, 0.25) is 0 Å². The molecule has 0 saturated heterocycles. The molecule has 102 valence electrons. The number of sulfone groups is 1. The number of thiocyanates is 1. The standard InChI is InChI=1S/C12H13NO4S2/c1-10(14)17-11(7-18-9-13)8-19(15,16)12-5-3-2-4-6-12/h2-6,11H,7-8H2,1H3. The summed E-state index contributed by atoms with van der Waals surface area (Å²) >= 11 is 0.858. The Morgan fingerprint density at radius 1 is 1.42 bits per heavy atom. The Balaban J connectivity index is 2.83. The van der Waals surface area contributed by atoms with E-state index in [0.29, 0.717) is 0 Å². The number of thioether (sulfide) groups is 1. The van der Waals surface area contributed by atoms with Gasteiger partial charge in [0.15, 0.2) is 9.84 Å². The van der Waals surface area contributed by atoms with E-state index in [1.54, 1.807) is 18.2 Å². The van der Waals surface area contributed by atoms with E-state index in [-0.39, 0.29) is 16.4 Å². The number of hydrogen-bond acceptors (Lipinski definition) is 6. The van der Waals surface area contributed by atoms with E-state index in [1.165, 1.54) is 19.1 Å².